The Kier molecular flexibility index (Phi) is 6.20. The Morgan fingerprint density at radius 1 is 1.39 bits per heavy atom. The topological polar surface area (TPSA) is 29.1 Å². The number of nitrogens with one attached hydrogen (secondary N) is 1. The minimum Gasteiger partial charge on any atom is -0.326 e. The summed E-state index contributed by atoms with van der Waals surface area (Å²) < 4.78 is 0. The maximum absolute atomic E-state index is 12.2. The van der Waals surface area contributed by atoms with E-state index in [-0.39, 0.29) is 11.8 Å². The Labute approximate surface area is 115 Å². The number of benzene rings is 1. The Morgan fingerprint density at radius 2 is 2.11 bits per heavy atom. The number of amides is 1. The van der Waals surface area contributed by atoms with Gasteiger partial charge in [-0.3, -0.25) is 4.79 Å². The highest BCUT2D eigenvalue weighted by Crippen LogP contribution is 2.22. The molecule has 1 amide bonds. The van der Waals surface area contributed by atoms with Crippen molar-refractivity contribution in [3.05, 3.63) is 28.8 Å². The summed E-state index contributed by atoms with van der Waals surface area (Å²) in [4.78, 5) is 12.2. The van der Waals surface area contributed by atoms with Gasteiger partial charge in [-0.2, -0.15) is 0 Å². The summed E-state index contributed by atoms with van der Waals surface area (Å²) >= 11 is 5.95. The summed E-state index contributed by atoms with van der Waals surface area (Å²) in [7, 11) is 0. The first kappa shape index (κ1) is 15.0. The van der Waals surface area contributed by atoms with E-state index in [1.54, 1.807) is 6.07 Å². The van der Waals surface area contributed by atoms with E-state index in [4.69, 9.17) is 11.6 Å². The fourth-order valence-corrected chi connectivity index (χ4v) is 2.11. The molecule has 3 heteroatoms. The van der Waals surface area contributed by atoms with Gasteiger partial charge in [-0.05, 0) is 37.5 Å². The Hall–Kier alpha value is -1.02. The molecular weight excluding hydrogens is 246 g/mol. The molecule has 0 saturated heterocycles. The van der Waals surface area contributed by atoms with Crippen LogP contribution in [0.4, 0.5) is 5.69 Å². The van der Waals surface area contributed by atoms with E-state index in [0.717, 1.165) is 36.9 Å². The molecule has 1 aromatic rings. The van der Waals surface area contributed by atoms with Gasteiger partial charge in [0.15, 0.2) is 0 Å². The van der Waals surface area contributed by atoms with E-state index >= 15 is 0 Å². The molecule has 0 radical (unpaired) electrons. The second-order valence-electron chi connectivity index (χ2n) is 4.70. The number of anilines is 1. The molecule has 1 aromatic carbocycles. The molecule has 1 atom stereocenters. The highest BCUT2D eigenvalue weighted by Gasteiger charge is 2.16. The van der Waals surface area contributed by atoms with Crippen LogP contribution in [0, 0.1) is 12.8 Å². The fourth-order valence-electron chi connectivity index (χ4n) is 1.93. The number of unbranched alkanes of at least 4 members (excludes halogenated alkanes) is 1. The lowest BCUT2D eigenvalue weighted by atomic mass is 9.98. The number of aryl methyl sites for hydroxylation is 1. The van der Waals surface area contributed by atoms with Gasteiger partial charge >= 0.3 is 0 Å². The standard InChI is InChI=1S/C15H22ClNO/c1-4-6-7-12(5-2)15(18)17-14-10-13(16)9-8-11(14)3/h8-10,12H,4-7H2,1-3H3,(H,17,18)/t12-/m0/s1. The summed E-state index contributed by atoms with van der Waals surface area (Å²) in [6, 6.07) is 5.56. The molecule has 18 heavy (non-hydrogen) atoms. The minimum atomic E-state index is 0.100. The van der Waals surface area contributed by atoms with E-state index in [9.17, 15) is 4.79 Å². The molecule has 100 valence electrons. The molecule has 0 saturated carbocycles. The van der Waals surface area contributed by atoms with Crippen molar-refractivity contribution in [1.82, 2.24) is 0 Å². The summed E-state index contributed by atoms with van der Waals surface area (Å²) in [6.45, 7) is 6.18. The summed E-state index contributed by atoms with van der Waals surface area (Å²) in [5, 5.41) is 3.64. The highest BCUT2D eigenvalue weighted by atomic mass is 35.5. The van der Waals surface area contributed by atoms with Crippen LogP contribution in [0.3, 0.4) is 0 Å². The van der Waals surface area contributed by atoms with Gasteiger partial charge in [0, 0.05) is 16.6 Å². The van der Waals surface area contributed by atoms with Crippen LogP contribution in [0.25, 0.3) is 0 Å². The van der Waals surface area contributed by atoms with Crippen LogP contribution < -0.4 is 5.32 Å². The average Bonchev–Trinajstić information content (AvgIpc) is 2.35. The monoisotopic (exact) mass is 267 g/mol. The van der Waals surface area contributed by atoms with Crippen LogP contribution >= 0.6 is 11.6 Å². The third-order valence-corrected chi connectivity index (χ3v) is 3.46. The Balaban J connectivity index is 2.70. The third-order valence-electron chi connectivity index (χ3n) is 3.23. The zero-order valence-electron chi connectivity index (χ0n) is 11.4. The molecule has 2 nitrogen and oxygen atoms in total. The predicted molar refractivity (Wildman–Crippen MR) is 78.1 cm³/mol. The zero-order chi connectivity index (χ0) is 13.5. The number of carbonyl (C=O) groups is 1. The fraction of sp³-hybridized carbons (Fsp3) is 0.533. The van der Waals surface area contributed by atoms with Gasteiger partial charge in [-0.25, -0.2) is 0 Å². The van der Waals surface area contributed by atoms with Crippen LogP contribution in [-0.4, -0.2) is 5.91 Å². The van der Waals surface area contributed by atoms with E-state index in [1.807, 2.05) is 19.1 Å². The third kappa shape index (κ3) is 4.34. The first-order valence-electron chi connectivity index (χ1n) is 6.65. The van der Waals surface area contributed by atoms with Gasteiger partial charge < -0.3 is 5.32 Å². The van der Waals surface area contributed by atoms with Crippen molar-refractivity contribution in [3.63, 3.8) is 0 Å². The maximum atomic E-state index is 12.2. The normalized spacial score (nSPS) is 12.2. The summed E-state index contributed by atoms with van der Waals surface area (Å²) in [5.74, 6) is 0.208. The highest BCUT2D eigenvalue weighted by molar-refractivity contribution is 6.31. The van der Waals surface area contributed by atoms with E-state index in [1.165, 1.54) is 0 Å². The smallest absolute Gasteiger partial charge is 0.227 e. The van der Waals surface area contributed by atoms with Gasteiger partial charge in [-0.15, -0.1) is 0 Å². The lowest BCUT2D eigenvalue weighted by Crippen LogP contribution is -2.22. The van der Waals surface area contributed by atoms with Crippen molar-refractivity contribution < 1.29 is 4.79 Å². The Bertz CT molecular complexity index is 403. The van der Waals surface area contributed by atoms with Crippen LogP contribution in [0.5, 0.6) is 0 Å². The van der Waals surface area contributed by atoms with Crippen LogP contribution in [0.1, 0.15) is 45.1 Å². The van der Waals surface area contributed by atoms with Crippen LogP contribution in [-0.2, 0) is 4.79 Å². The molecule has 0 fully saturated rings. The van der Waals surface area contributed by atoms with Crippen molar-refractivity contribution in [3.8, 4) is 0 Å². The number of carbonyl (C=O) groups excluding carboxylic acids is 1. The van der Waals surface area contributed by atoms with Gasteiger partial charge in [-0.1, -0.05) is 44.4 Å². The molecule has 0 aliphatic carbocycles. The van der Waals surface area contributed by atoms with Gasteiger partial charge in [0.25, 0.3) is 0 Å². The average molecular weight is 268 g/mol. The predicted octanol–water partition coefficient (Wildman–Crippen LogP) is 4.80. The molecule has 1 N–H and O–H groups in total. The molecule has 1 rings (SSSR count). The first-order chi connectivity index (χ1) is 8.58. The zero-order valence-corrected chi connectivity index (χ0v) is 12.2. The largest absolute Gasteiger partial charge is 0.326 e. The number of hydrogen-bond acceptors (Lipinski definition) is 1. The number of hydrogen-bond donors (Lipinski definition) is 1. The Morgan fingerprint density at radius 3 is 2.72 bits per heavy atom. The van der Waals surface area contributed by atoms with Crippen molar-refractivity contribution in [1.29, 1.82) is 0 Å². The van der Waals surface area contributed by atoms with Crippen molar-refractivity contribution >= 4 is 23.2 Å². The molecule has 0 spiro atoms. The summed E-state index contributed by atoms with van der Waals surface area (Å²) in [5.41, 5.74) is 1.86. The van der Waals surface area contributed by atoms with Gasteiger partial charge in [0.2, 0.25) is 5.91 Å². The SMILES string of the molecule is CCCC[C@H](CC)C(=O)Nc1cc(Cl)ccc1C. The first-order valence-corrected chi connectivity index (χ1v) is 7.03. The minimum absolute atomic E-state index is 0.100. The van der Waals surface area contributed by atoms with Crippen LogP contribution in [0.2, 0.25) is 5.02 Å². The molecule has 0 heterocycles. The van der Waals surface area contributed by atoms with Crippen molar-refractivity contribution in [2.24, 2.45) is 5.92 Å². The molecule has 0 bridgehead atoms. The second-order valence-corrected chi connectivity index (χ2v) is 5.13. The molecule has 0 aliphatic heterocycles. The molecule has 0 unspecified atom stereocenters. The quantitative estimate of drug-likeness (QED) is 0.788. The molecule has 0 aromatic heterocycles. The number of rotatable bonds is 6. The lowest BCUT2D eigenvalue weighted by molar-refractivity contribution is -0.120. The maximum Gasteiger partial charge on any atom is 0.227 e. The second kappa shape index (κ2) is 7.42. The van der Waals surface area contributed by atoms with E-state index in [0.29, 0.717) is 5.02 Å². The van der Waals surface area contributed by atoms with E-state index in [2.05, 4.69) is 19.2 Å². The molecular formula is C15H22ClNO. The van der Waals surface area contributed by atoms with Gasteiger partial charge in [0.05, 0.1) is 0 Å². The number of halogens is 1. The van der Waals surface area contributed by atoms with Crippen molar-refractivity contribution in [2.75, 3.05) is 5.32 Å². The molecule has 0 aliphatic rings. The van der Waals surface area contributed by atoms with E-state index < -0.39 is 0 Å². The lowest BCUT2D eigenvalue weighted by Gasteiger charge is -2.16. The van der Waals surface area contributed by atoms with Crippen LogP contribution in [0.15, 0.2) is 18.2 Å². The van der Waals surface area contributed by atoms with Crippen molar-refractivity contribution in [2.45, 2.75) is 46.5 Å². The summed E-state index contributed by atoms with van der Waals surface area (Å²) in [6.07, 6.45) is 4.06. The van der Waals surface area contributed by atoms with Gasteiger partial charge in [0.1, 0.15) is 0 Å².